The fourth-order valence-corrected chi connectivity index (χ4v) is 5.83. The van der Waals surface area contributed by atoms with Crippen molar-refractivity contribution in [2.45, 2.75) is 51.5 Å². The number of hydrogen-bond acceptors (Lipinski definition) is 5. The molecule has 4 heterocycles. The quantitative estimate of drug-likeness (QED) is 0.675. The first-order valence-corrected chi connectivity index (χ1v) is 11.5. The molecule has 1 fully saturated rings. The smallest absolute Gasteiger partial charge is 0.187 e. The summed E-state index contributed by atoms with van der Waals surface area (Å²) in [5, 5.41) is 4.92. The van der Waals surface area contributed by atoms with Gasteiger partial charge in [0.1, 0.15) is 17.2 Å². The van der Waals surface area contributed by atoms with E-state index < -0.39 is 0 Å². The van der Waals surface area contributed by atoms with E-state index in [-0.39, 0.29) is 0 Å². The van der Waals surface area contributed by atoms with Crippen LogP contribution >= 0.6 is 11.3 Å². The number of aromatic nitrogens is 3. The zero-order valence-corrected chi connectivity index (χ0v) is 17.2. The summed E-state index contributed by atoms with van der Waals surface area (Å²) in [6.45, 7) is 4.31. The van der Waals surface area contributed by atoms with Gasteiger partial charge in [-0.15, -0.1) is 11.3 Å². The molecule has 2 aliphatic rings. The van der Waals surface area contributed by atoms with Crippen LogP contribution in [0.3, 0.4) is 0 Å². The maximum atomic E-state index is 5.02. The molecule has 3 aromatic rings. The number of nitrogens with one attached hydrogen (secondary N) is 2. The van der Waals surface area contributed by atoms with Crippen LogP contribution in [0.4, 0.5) is 5.82 Å². The first-order valence-electron chi connectivity index (χ1n) is 10.7. The van der Waals surface area contributed by atoms with Gasteiger partial charge in [-0.25, -0.2) is 9.97 Å². The van der Waals surface area contributed by atoms with Gasteiger partial charge in [0.2, 0.25) is 0 Å². The topological polar surface area (TPSA) is 55.1 Å². The van der Waals surface area contributed by atoms with Crippen molar-refractivity contribution >= 4 is 27.4 Å². The van der Waals surface area contributed by atoms with E-state index in [1.165, 1.54) is 72.3 Å². The van der Waals surface area contributed by atoms with Gasteiger partial charge < -0.3 is 10.2 Å². The van der Waals surface area contributed by atoms with E-state index in [2.05, 4.69) is 22.4 Å². The molecule has 28 heavy (non-hydrogen) atoms. The zero-order chi connectivity index (χ0) is 18.8. The fraction of sp³-hybridized carbons (Fsp3) is 0.500. The maximum Gasteiger partial charge on any atom is 0.187 e. The van der Waals surface area contributed by atoms with Crippen LogP contribution in [0.2, 0.25) is 0 Å². The molecule has 0 unspecified atom stereocenters. The Balaban J connectivity index is 1.40. The molecule has 0 atom stereocenters. The molecular formula is C22H28N5S+. The van der Waals surface area contributed by atoms with Crippen molar-refractivity contribution in [1.29, 1.82) is 0 Å². The number of rotatable bonds is 6. The second-order valence-electron chi connectivity index (χ2n) is 8.01. The molecule has 0 saturated carbocycles. The summed E-state index contributed by atoms with van der Waals surface area (Å²) in [6, 6.07) is 6.11. The van der Waals surface area contributed by atoms with Gasteiger partial charge in [-0.1, -0.05) is 6.07 Å². The van der Waals surface area contributed by atoms with Crippen LogP contribution in [0.5, 0.6) is 0 Å². The lowest BCUT2D eigenvalue weighted by Crippen LogP contribution is -3.11. The van der Waals surface area contributed by atoms with Crippen LogP contribution in [0.25, 0.3) is 10.2 Å². The summed E-state index contributed by atoms with van der Waals surface area (Å²) in [6.07, 6.45) is 10.5. The Kier molecular flexibility index (Phi) is 5.23. The molecule has 5 rings (SSSR count). The van der Waals surface area contributed by atoms with E-state index in [0.29, 0.717) is 0 Å². The minimum Gasteiger partial charge on any atom is -0.369 e. The highest BCUT2D eigenvalue weighted by molar-refractivity contribution is 7.19. The molecule has 0 spiro atoms. The molecule has 0 radical (unpaired) electrons. The Labute approximate surface area is 170 Å². The van der Waals surface area contributed by atoms with Crippen molar-refractivity contribution in [3.63, 3.8) is 0 Å². The molecular weight excluding hydrogens is 366 g/mol. The van der Waals surface area contributed by atoms with Gasteiger partial charge in [0, 0.05) is 29.7 Å². The highest BCUT2D eigenvalue weighted by Gasteiger charge is 2.23. The van der Waals surface area contributed by atoms with Gasteiger partial charge in [-0.05, 0) is 56.2 Å². The first kappa shape index (κ1) is 18.0. The van der Waals surface area contributed by atoms with Crippen molar-refractivity contribution in [3.8, 4) is 0 Å². The Morgan fingerprint density at radius 2 is 1.96 bits per heavy atom. The number of anilines is 1. The third-order valence-corrected chi connectivity index (χ3v) is 7.17. The summed E-state index contributed by atoms with van der Waals surface area (Å²) in [7, 11) is 0. The molecule has 1 saturated heterocycles. The fourth-order valence-electron chi connectivity index (χ4n) is 4.55. The van der Waals surface area contributed by atoms with Gasteiger partial charge >= 0.3 is 0 Å². The summed E-state index contributed by atoms with van der Waals surface area (Å²) >= 11 is 1.89. The number of nitrogens with zero attached hydrogens (tertiary/aromatic N) is 3. The Hall–Kier alpha value is -2.05. The van der Waals surface area contributed by atoms with Gasteiger partial charge in [0.15, 0.2) is 5.82 Å². The third-order valence-electron chi connectivity index (χ3n) is 5.98. The molecule has 6 heteroatoms. The number of pyridine rings is 1. The Morgan fingerprint density at radius 3 is 2.82 bits per heavy atom. The minimum atomic E-state index is 0.851. The molecule has 0 amide bonds. The number of piperidine rings is 1. The van der Waals surface area contributed by atoms with E-state index in [1.807, 2.05) is 23.6 Å². The lowest BCUT2D eigenvalue weighted by atomic mass is 10.1. The average molecular weight is 395 g/mol. The maximum absolute atomic E-state index is 5.02. The standard InChI is InChI=1S/C22H27N5S/c1-4-13-27(14-5-1)15-19-25-21(24-12-10-16-7-2-3-11-23-16)20-17-8-6-9-18(17)28-22(20)26-19/h2-3,7,11H,1,4-6,8-10,12-15H2,(H,24,25,26)/p+1. The Morgan fingerprint density at radius 1 is 1.04 bits per heavy atom. The van der Waals surface area contributed by atoms with Crippen molar-refractivity contribution in [1.82, 2.24) is 15.0 Å². The SMILES string of the molecule is c1ccc(CCNc2nc(C[NH+]3CCCCC3)nc3sc4c(c23)CCC4)nc1. The highest BCUT2D eigenvalue weighted by Crippen LogP contribution is 2.39. The first-order chi connectivity index (χ1) is 13.9. The summed E-state index contributed by atoms with van der Waals surface area (Å²) in [5.41, 5.74) is 2.62. The van der Waals surface area contributed by atoms with Crippen molar-refractivity contribution in [2.24, 2.45) is 0 Å². The lowest BCUT2D eigenvalue weighted by Gasteiger charge is -2.23. The van der Waals surface area contributed by atoms with Crippen LogP contribution in [-0.2, 0) is 25.8 Å². The lowest BCUT2D eigenvalue weighted by molar-refractivity contribution is -0.919. The second kappa shape index (κ2) is 8.13. The predicted molar refractivity (Wildman–Crippen MR) is 114 cm³/mol. The van der Waals surface area contributed by atoms with Gasteiger partial charge in [0.05, 0.1) is 18.5 Å². The van der Waals surface area contributed by atoms with E-state index >= 15 is 0 Å². The number of likely N-dealkylation sites (tertiary alicyclic amines) is 1. The molecule has 0 bridgehead atoms. The summed E-state index contributed by atoms with van der Waals surface area (Å²) < 4.78 is 0. The molecule has 1 aliphatic carbocycles. The number of thiophene rings is 1. The largest absolute Gasteiger partial charge is 0.369 e. The highest BCUT2D eigenvalue weighted by atomic mass is 32.1. The monoisotopic (exact) mass is 394 g/mol. The second-order valence-corrected chi connectivity index (χ2v) is 9.09. The number of fused-ring (bicyclic) bond motifs is 3. The van der Waals surface area contributed by atoms with Crippen molar-refractivity contribution in [2.75, 3.05) is 25.0 Å². The van der Waals surface area contributed by atoms with E-state index in [9.17, 15) is 0 Å². The van der Waals surface area contributed by atoms with Gasteiger partial charge in [-0.2, -0.15) is 0 Å². The van der Waals surface area contributed by atoms with E-state index in [1.54, 1.807) is 4.90 Å². The van der Waals surface area contributed by atoms with Crippen LogP contribution in [0.1, 0.15) is 47.6 Å². The van der Waals surface area contributed by atoms with E-state index in [4.69, 9.17) is 9.97 Å². The van der Waals surface area contributed by atoms with Crippen LogP contribution in [-0.4, -0.2) is 34.6 Å². The molecule has 5 nitrogen and oxygen atoms in total. The van der Waals surface area contributed by atoms with Gasteiger partial charge in [-0.3, -0.25) is 4.98 Å². The number of aryl methyl sites for hydroxylation is 2. The van der Waals surface area contributed by atoms with E-state index in [0.717, 1.165) is 36.8 Å². The molecule has 146 valence electrons. The van der Waals surface area contributed by atoms with Crippen LogP contribution in [0.15, 0.2) is 24.4 Å². The summed E-state index contributed by atoms with van der Waals surface area (Å²) in [5.74, 6) is 2.05. The predicted octanol–water partition coefficient (Wildman–Crippen LogP) is 2.80. The molecule has 1 aliphatic heterocycles. The number of quaternary nitrogens is 1. The molecule has 3 aromatic heterocycles. The van der Waals surface area contributed by atoms with Crippen molar-refractivity contribution < 1.29 is 4.90 Å². The van der Waals surface area contributed by atoms with Crippen molar-refractivity contribution in [3.05, 3.63) is 46.4 Å². The zero-order valence-electron chi connectivity index (χ0n) is 16.3. The van der Waals surface area contributed by atoms with Gasteiger partial charge in [0.25, 0.3) is 0 Å². The average Bonchev–Trinajstić information content (AvgIpc) is 3.30. The van der Waals surface area contributed by atoms with Crippen LogP contribution < -0.4 is 10.2 Å². The molecule has 0 aromatic carbocycles. The molecule has 2 N–H and O–H groups in total. The third kappa shape index (κ3) is 3.76. The number of hydrogen-bond donors (Lipinski definition) is 2. The van der Waals surface area contributed by atoms with Crippen LogP contribution in [0, 0.1) is 0 Å². The summed E-state index contributed by atoms with van der Waals surface area (Å²) in [4.78, 5) is 18.8. The Bertz CT molecular complexity index is 946. The normalized spacial score (nSPS) is 17.1. The minimum absolute atomic E-state index is 0.851.